The van der Waals surface area contributed by atoms with Gasteiger partial charge in [-0.2, -0.15) is 5.10 Å². The molecular weight excluding hydrogens is 404 g/mol. The van der Waals surface area contributed by atoms with Crippen molar-refractivity contribution in [2.24, 2.45) is 0 Å². The second-order valence-electron chi connectivity index (χ2n) is 8.01. The maximum atomic E-state index is 12.8. The molecule has 0 saturated carbocycles. The lowest BCUT2D eigenvalue weighted by molar-refractivity contribution is -0.132. The van der Waals surface area contributed by atoms with Crippen molar-refractivity contribution in [1.82, 2.24) is 14.7 Å². The maximum absolute atomic E-state index is 12.8. The van der Waals surface area contributed by atoms with Crippen molar-refractivity contribution >= 4 is 17.5 Å². The standard InChI is InChI=1S/C25H28N4O3/c1-18-21(19(2)29(26-18)20-9-5-4-6-10-20)17-27(3)24(30)13-14-25(31)28-15-16-32-23-12-8-7-11-22(23)28/h4-12H,13-17H2,1-3H3. The Bertz CT molecular complexity index is 1120. The summed E-state index contributed by atoms with van der Waals surface area (Å²) in [6.45, 7) is 5.38. The fraction of sp³-hybridized carbons (Fsp3) is 0.320. The molecule has 0 radical (unpaired) electrons. The zero-order chi connectivity index (χ0) is 22.7. The van der Waals surface area contributed by atoms with E-state index in [2.05, 4.69) is 5.10 Å². The van der Waals surface area contributed by atoms with Crippen LogP contribution in [0.15, 0.2) is 54.6 Å². The summed E-state index contributed by atoms with van der Waals surface area (Å²) in [5.74, 6) is 0.579. The van der Waals surface area contributed by atoms with Crippen LogP contribution in [0.2, 0.25) is 0 Å². The van der Waals surface area contributed by atoms with Crippen molar-refractivity contribution in [1.29, 1.82) is 0 Å². The molecule has 7 nitrogen and oxygen atoms in total. The minimum absolute atomic E-state index is 0.0632. The first kappa shape index (κ1) is 21.6. The first-order valence-electron chi connectivity index (χ1n) is 10.8. The molecule has 4 rings (SSSR count). The Labute approximate surface area is 188 Å². The fourth-order valence-electron chi connectivity index (χ4n) is 4.02. The summed E-state index contributed by atoms with van der Waals surface area (Å²) < 4.78 is 7.52. The third-order valence-corrected chi connectivity index (χ3v) is 5.85. The van der Waals surface area contributed by atoms with Crippen molar-refractivity contribution in [2.75, 3.05) is 25.1 Å². The van der Waals surface area contributed by atoms with Crippen LogP contribution in [0, 0.1) is 13.8 Å². The Morgan fingerprint density at radius 2 is 1.75 bits per heavy atom. The molecule has 2 aromatic carbocycles. The van der Waals surface area contributed by atoms with Crippen LogP contribution in [-0.2, 0) is 16.1 Å². The maximum Gasteiger partial charge on any atom is 0.227 e. The Balaban J connectivity index is 1.38. The molecule has 0 aliphatic carbocycles. The predicted molar refractivity (Wildman–Crippen MR) is 123 cm³/mol. The zero-order valence-electron chi connectivity index (χ0n) is 18.7. The van der Waals surface area contributed by atoms with Crippen LogP contribution in [0.25, 0.3) is 5.69 Å². The Morgan fingerprint density at radius 1 is 1.03 bits per heavy atom. The number of carbonyl (C=O) groups excluding carboxylic acids is 2. The van der Waals surface area contributed by atoms with Crippen molar-refractivity contribution in [3.8, 4) is 11.4 Å². The number of rotatable bonds is 6. The molecule has 0 atom stereocenters. The average Bonchev–Trinajstić information content (AvgIpc) is 3.10. The van der Waals surface area contributed by atoms with E-state index in [-0.39, 0.29) is 24.7 Å². The quantitative estimate of drug-likeness (QED) is 0.596. The number of benzene rings is 2. The number of fused-ring (bicyclic) bond motifs is 1. The monoisotopic (exact) mass is 432 g/mol. The normalized spacial score (nSPS) is 12.8. The molecule has 166 valence electrons. The van der Waals surface area contributed by atoms with Gasteiger partial charge in [-0.3, -0.25) is 9.59 Å². The van der Waals surface area contributed by atoms with Crippen LogP contribution in [0.3, 0.4) is 0 Å². The van der Waals surface area contributed by atoms with Gasteiger partial charge in [-0.1, -0.05) is 30.3 Å². The van der Waals surface area contributed by atoms with Gasteiger partial charge < -0.3 is 14.5 Å². The molecule has 32 heavy (non-hydrogen) atoms. The highest BCUT2D eigenvalue weighted by Crippen LogP contribution is 2.31. The molecule has 2 heterocycles. The molecule has 1 aliphatic rings. The number of hydrogen-bond donors (Lipinski definition) is 0. The summed E-state index contributed by atoms with van der Waals surface area (Å²) in [5, 5.41) is 4.66. The summed E-state index contributed by atoms with van der Waals surface area (Å²) in [5.41, 5.74) is 4.69. The lowest BCUT2D eigenvalue weighted by Crippen LogP contribution is -2.38. The van der Waals surface area contributed by atoms with Gasteiger partial charge in [0, 0.05) is 37.7 Å². The van der Waals surface area contributed by atoms with Crippen LogP contribution in [0.4, 0.5) is 5.69 Å². The number of aryl methyl sites for hydroxylation is 1. The first-order chi connectivity index (χ1) is 15.5. The molecule has 0 saturated heterocycles. The minimum Gasteiger partial charge on any atom is -0.490 e. The molecule has 0 N–H and O–H groups in total. The molecule has 0 fully saturated rings. The first-order valence-corrected chi connectivity index (χ1v) is 10.8. The molecule has 3 aromatic rings. The summed E-state index contributed by atoms with van der Waals surface area (Å²) in [7, 11) is 1.77. The van der Waals surface area contributed by atoms with Gasteiger partial charge in [0.2, 0.25) is 11.8 Å². The number of amides is 2. The lowest BCUT2D eigenvalue weighted by Gasteiger charge is -2.29. The predicted octanol–water partition coefficient (Wildman–Crippen LogP) is 3.65. The van der Waals surface area contributed by atoms with E-state index in [4.69, 9.17) is 4.74 Å². The number of anilines is 1. The van der Waals surface area contributed by atoms with Gasteiger partial charge in [0.1, 0.15) is 12.4 Å². The van der Waals surface area contributed by atoms with Gasteiger partial charge >= 0.3 is 0 Å². The van der Waals surface area contributed by atoms with E-state index in [9.17, 15) is 9.59 Å². The third kappa shape index (κ3) is 4.37. The Morgan fingerprint density at radius 3 is 2.53 bits per heavy atom. The Hall–Kier alpha value is -3.61. The number of carbonyl (C=O) groups is 2. The van der Waals surface area contributed by atoms with Gasteiger partial charge in [-0.15, -0.1) is 0 Å². The molecule has 0 unspecified atom stereocenters. The molecule has 2 amide bonds. The van der Waals surface area contributed by atoms with E-state index >= 15 is 0 Å². The van der Waals surface area contributed by atoms with Crippen LogP contribution >= 0.6 is 0 Å². The third-order valence-electron chi connectivity index (χ3n) is 5.85. The van der Waals surface area contributed by atoms with E-state index in [1.165, 1.54) is 0 Å². The van der Waals surface area contributed by atoms with Crippen LogP contribution in [0.1, 0.15) is 29.8 Å². The molecule has 0 bridgehead atoms. The van der Waals surface area contributed by atoms with E-state index in [1.54, 1.807) is 16.8 Å². The van der Waals surface area contributed by atoms with Gasteiger partial charge in [0.25, 0.3) is 0 Å². The number of ether oxygens (including phenoxy) is 1. The van der Waals surface area contributed by atoms with E-state index in [0.717, 1.165) is 28.3 Å². The summed E-state index contributed by atoms with van der Waals surface area (Å²) in [6.07, 6.45) is 0.332. The molecule has 0 spiro atoms. The van der Waals surface area contributed by atoms with Crippen LogP contribution in [-0.4, -0.2) is 46.7 Å². The zero-order valence-corrected chi connectivity index (χ0v) is 18.7. The summed E-state index contributed by atoms with van der Waals surface area (Å²) in [4.78, 5) is 29.0. The van der Waals surface area contributed by atoms with Crippen molar-refractivity contribution in [2.45, 2.75) is 33.2 Å². The lowest BCUT2D eigenvalue weighted by atomic mass is 10.1. The molecule has 1 aliphatic heterocycles. The summed E-state index contributed by atoms with van der Waals surface area (Å²) >= 11 is 0. The summed E-state index contributed by atoms with van der Waals surface area (Å²) in [6, 6.07) is 17.4. The second kappa shape index (κ2) is 9.26. The fourth-order valence-corrected chi connectivity index (χ4v) is 4.02. The van der Waals surface area contributed by atoms with Gasteiger partial charge in [0.15, 0.2) is 0 Å². The molecule has 7 heteroatoms. The van der Waals surface area contributed by atoms with Crippen molar-refractivity contribution in [3.05, 3.63) is 71.5 Å². The average molecular weight is 433 g/mol. The highest BCUT2D eigenvalue weighted by Gasteiger charge is 2.24. The largest absolute Gasteiger partial charge is 0.490 e. The van der Waals surface area contributed by atoms with Crippen molar-refractivity contribution in [3.63, 3.8) is 0 Å². The minimum atomic E-state index is -0.0637. The van der Waals surface area contributed by atoms with E-state index in [0.29, 0.717) is 25.4 Å². The smallest absolute Gasteiger partial charge is 0.227 e. The highest BCUT2D eigenvalue weighted by molar-refractivity contribution is 5.97. The number of aromatic nitrogens is 2. The van der Waals surface area contributed by atoms with E-state index < -0.39 is 0 Å². The molecular formula is C25H28N4O3. The van der Waals surface area contributed by atoms with Gasteiger partial charge in [-0.05, 0) is 38.1 Å². The van der Waals surface area contributed by atoms with Crippen LogP contribution in [0.5, 0.6) is 5.75 Å². The second-order valence-corrected chi connectivity index (χ2v) is 8.01. The van der Waals surface area contributed by atoms with Gasteiger partial charge in [-0.25, -0.2) is 4.68 Å². The van der Waals surface area contributed by atoms with Crippen LogP contribution < -0.4 is 9.64 Å². The molecule has 1 aromatic heterocycles. The number of para-hydroxylation sites is 3. The van der Waals surface area contributed by atoms with E-state index in [1.807, 2.05) is 73.1 Å². The number of nitrogens with zero attached hydrogens (tertiary/aromatic N) is 4. The topological polar surface area (TPSA) is 67.7 Å². The van der Waals surface area contributed by atoms with Gasteiger partial charge in [0.05, 0.1) is 23.6 Å². The van der Waals surface area contributed by atoms with Crippen molar-refractivity contribution < 1.29 is 14.3 Å². The highest BCUT2D eigenvalue weighted by atomic mass is 16.5. The number of hydrogen-bond acceptors (Lipinski definition) is 4. The Kier molecular flexibility index (Phi) is 6.25. The SMILES string of the molecule is Cc1nn(-c2ccccc2)c(C)c1CN(C)C(=O)CCC(=O)N1CCOc2ccccc21.